The Morgan fingerprint density at radius 2 is 1.97 bits per heavy atom. The highest BCUT2D eigenvalue weighted by atomic mass is 35.5. The summed E-state index contributed by atoms with van der Waals surface area (Å²) in [6, 6.07) is 19.2. The van der Waals surface area contributed by atoms with Gasteiger partial charge in [0.2, 0.25) is 5.91 Å². The molecule has 5 nitrogen and oxygen atoms in total. The summed E-state index contributed by atoms with van der Waals surface area (Å²) in [4.78, 5) is 20.7. The van der Waals surface area contributed by atoms with Gasteiger partial charge >= 0.3 is 0 Å². The number of nitrogens with zero attached hydrogens (tertiary/aromatic N) is 1. The standard InChI is InChI=1S/C24H22ClN3O2S/c1-14-6-11-20(19(25)12-14)26-23(30)15(2)31-24-27-21-5-3-4-18(22(21)28-24)17-9-7-16(13-29)8-10-17/h3-12,15,29H,13H2,1-2H3,(H,26,30)(H,27,28). The first kappa shape index (κ1) is 21.4. The number of para-hydroxylation sites is 1. The Balaban J connectivity index is 1.53. The molecule has 0 aliphatic carbocycles. The van der Waals surface area contributed by atoms with Crippen LogP contribution in [0.5, 0.6) is 0 Å². The van der Waals surface area contributed by atoms with Gasteiger partial charge in [-0.05, 0) is 48.7 Å². The smallest absolute Gasteiger partial charge is 0.237 e. The Kier molecular flexibility index (Phi) is 6.32. The van der Waals surface area contributed by atoms with Crippen molar-refractivity contribution in [3.05, 3.63) is 76.8 Å². The third kappa shape index (κ3) is 4.77. The molecule has 4 rings (SSSR count). The number of aromatic amines is 1. The van der Waals surface area contributed by atoms with E-state index in [1.54, 1.807) is 0 Å². The number of rotatable bonds is 6. The van der Waals surface area contributed by atoms with E-state index in [9.17, 15) is 9.90 Å². The summed E-state index contributed by atoms with van der Waals surface area (Å²) < 4.78 is 0. The quantitative estimate of drug-likeness (QED) is 0.323. The Bertz CT molecular complexity index is 1240. The van der Waals surface area contributed by atoms with Gasteiger partial charge in [-0.15, -0.1) is 0 Å². The van der Waals surface area contributed by atoms with Crippen molar-refractivity contribution in [2.24, 2.45) is 0 Å². The second-order valence-corrected chi connectivity index (χ2v) is 9.07. The molecule has 158 valence electrons. The number of nitrogens with one attached hydrogen (secondary N) is 2. The van der Waals surface area contributed by atoms with Gasteiger partial charge in [-0.3, -0.25) is 4.79 Å². The van der Waals surface area contributed by atoms with Crippen LogP contribution in [0.25, 0.3) is 22.2 Å². The number of fused-ring (bicyclic) bond motifs is 1. The van der Waals surface area contributed by atoms with Crippen LogP contribution in [0.3, 0.4) is 0 Å². The molecule has 31 heavy (non-hydrogen) atoms. The van der Waals surface area contributed by atoms with Gasteiger partial charge in [-0.25, -0.2) is 4.98 Å². The molecule has 0 saturated carbocycles. The molecule has 1 heterocycles. The summed E-state index contributed by atoms with van der Waals surface area (Å²) in [5.74, 6) is -0.143. The molecule has 0 saturated heterocycles. The van der Waals surface area contributed by atoms with Crippen molar-refractivity contribution in [2.45, 2.75) is 30.9 Å². The Labute approximate surface area is 189 Å². The summed E-state index contributed by atoms with van der Waals surface area (Å²) in [6.45, 7) is 3.80. The first-order valence-electron chi connectivity index (χ1n) is 9.87. The highest BCUT2D eigenvalue weighted by molar-refractivity contribution is 8.00. The van der Waals surface area contributed by atoms with Crippen LogP contribution >= 0.6 is 23.4 Å². The maximum Gasteiger partial charge on any atom is 0.237 e. The van der Waals surface area contributed by atoms with Crippen LogP contribution in [-0.2, 0) is 11.4 Å². The summed E-state index contributed by atoms with van der Waals surface area (Å²) in [5, 5.41) is 13.0. The number of aromatic nitrogens is 2. The number of aliphatic hydroxyl groups is 1. The largest absolute Gasteiger partial charge is 0.392 e. The van der Waals surface area contributed by atoms with Crippen LogP contribution in [-0.4, -0.2) is 26.2 Å². The molecule has 1 atom stereocenters. The molecule has 3 aromatic carbocycles. The normalized spacial score (nSPS) is 12.1. The van der Waals surface area contributed by atoms with Crippen molar-refractivity contribution in [1.29, 1.82) is 0 Å². The number of imidazole rings is 1. The Morgan fingerprint density at radius 1 is 1.19 bits per heavy atom. The number of carbonyl (C=O) groups excluding carboxylic acids is 1. The van der Waals surface area contributed by atoms with Gasteiger partial charge in [0.15, 0.2) is 5.16 Å². The average Bonchev–Trinajstić information content (AvgIpc) is 3.18. The van der Waals surface area contributed by atoms with Gasteiger partial charge in [0.05, 0.1) is 33.6 Å². The fraction of sp³-hybridized carbons (Fsp3) is 0.167. The molecule has 4 aromatic rings. The summed E-state index contributed by atoms with van der Waals surface area (Å²) >= 11 is 7.59. The van der Waals surface area contributed by atoms with Gasteiger partial charge in [0.1, 0.15) is 0 Å². The van der Waals surface area contributed by atoms with Crippen LogP contribution in [0.15, 0.2) is 65.8 Å². The van der Waals surface area contributed by atoms with E-state index in [0.29, 0.717) is 15.9 Å². The van der Waals surface area contributed by atoms with Gasteiger partial charge < -0.3 is 15.4 Å². The van der Waals surface area contributed by atoms with E-state index in [-0.39, 0.29) is 17.8 Å². The van der Waals surface area contributed by atoms with Crippen molar-refractivity contribution < 1.29 is 9.90 Å². The van der Waals surface area contributed by atoms with Gasteiger partial charge in [-0.2, -0.15) is 0 Å². The molecule has 1 aromatic heterocycles. The number of anilines is 1. The number of amides is 1. The zero-order valence-corrected chi connectivity index (χ0v) is 18.7. The fourth-order valence-corrected chi connectivity index (χ4v) is 4.36. The van der Waals surface area contributed by atoms with Crippen molar-refractivity contribution >= 4 is 46.0 Å². The van der Waals surface area contributed by atoms with E-state index in [1.165, 1.54) is 11.8 Å². The van der Waals surface area contributed by atoms with E-state index in [1.807, 2.05) is 74.5 Å². The second kappa shape index (κ2) is 9.14. The number of carbonyl (C=O) groups is 1. The van der Waals surface area contributed by atoms with E-state index in [2.05, 4.69) is 10.3 Å². The maximum absolute atomic E-state index is 12.7. The molecule has 3 N–H and O–H groups in total. The summed E-state index contributed by atoms with van der Waals surface area (Å²) in [7, 11) is 0. The van der Waals surface area contributed by atoms with Crippen LogP contribution < -0.4 is 5.32 Å². The zero-order valence-electron chi connectivity index (χ0n) is 17.1. The van der Waals surface area contributed by atoms with E-state index < -0.39 is 0 Å². The summed E-state index contributed by atoms with van der Waals surface area (Å²) in [5.41, 5.74) is 6.26. The highest BCUT2D eigenvalue weighted by Gasteiger charge is 2.18. The van der Waals surface area contributed by atoms with Gasteiger partial charge in [0.25, 0.3) is 0 Å². The minimum absolute atomic E-state index is 0.0153. The number of hydrogen-bond acceptors (Lipinski definition) is 4. The number of hydrogen-bond donors (Lipinski definition) is 3. The molecule has 0 aliphatic rings. The predicted molar refractivity (Wildman–Crippen MR) is 128 cm³/mol. The number of halogens is 1. The fourth-order valence-electron chi connectivity index (χ4n) is 3.26. The molecule has 0 fully saturated rings. The van der Waals surface area contributed by atoms with E-state index >= 15 is 0 Å². The molecule has 1 amide bonds. The lowest BCUT2D eigenvalue weighted by Gasteiger charge is -2.12. The molecular weight excluding hydrogens is 430 g/mol. The van der Waals surface area contributed by atoms with Gasteiger partial charge in [0, 0.05) is 5.56 Å². The molecule has 0 radical (unpaired) electrons. The van der Waals surface area contributed by atoms with Crippen molar-refractivity contribution in [3.8, 4) is 11.1 Å². The maximum atomic E-state index is 12.7. The number of H-pyrrole nitrogens is 1. The lowest BCUT2D eigenvalue weighted by atomic mass is 10.0. The topological polar surface area (TPSA) is 78.0 Å². The SMILES string of the molecule is Cc1ccc(NC(=O)C(C)Sc2nc3c(-c4ccc(CO)cc4)cccc3[nH]2)c(Cl)c1. The van der Waals surface area contributed by atoms with Gasteiger partial charge in [-0.1, -0.05) is 65.8 Å². The van der Waals surface area contributed by atoms with E-state index in [0.717, 1.165) is 33.3 Å². The van der Waals surface area contributed by atoms with Crippen molar-refractivity contribution in [2.75, 3.05) is 5.32 Å². The monoisotopic (exact) mass is 451 g/mol. The second-order valence-electron chi connectivity index (χ2n) is 7.33. The first-order chi connectivity index (χ1) is 14.9. The third-order valence-corrected chi connectivity index (χ3v) is 6.28. The average molecular weight is 452 g/mol. The molecule has 0 aliphatic heterocycles. The first-order valence-corrected chi connectivity index (χ1v) is 11.1. The molecule has 1 unspecified atom stereocenters. The van der Waals surface area contributed by atoms with Crippen LogP contribution in [0.1, 0.15) is 18.1 Å². The third-order valence-electron chi connectivity index (χ3n) is 4.98. The van der Waals surface area contributed by atoms with Crippen LogP contribution in [0, 0.1) is 6.92 Å². The molecule has 0 spiro atoms. The predicted octanol–water partition coefficient (Wildman–Crippen LogP) is 5.80. The molecular formula is C24H22ClN3O2S. The lowest BCUT2D eigenvalue weighted by molar-refractivity contribution is -0.115. The van der Waals surface area contributed by atoms with E-state index in [4.69, 9.17) is 16.6 Å². The van der Waals surface area contributed by atoms with Crippen LogP contribution in [0.4, 0.5) is 5.69 Å². The Hall–Kier alpha value is -2.80. The molecule has 7 heteroatoms. The minimum atomic E-state index is -0.370. The summed E-state index contributed by atoms with van der Waals surface area (Å²) in [6.07, 6.45) is 0. The highest BCUT2D eigenvalue weighted by Crippen LogP contribution is 2.31. The van der Waals surface area contributed by atoms with Crippen molar-refractivity contribution in [3.63, 3.8) is 0 Å². The van der Waals surface area contributed by atoms with Crippen LogP contribution in [0.2, 0.25) is 5.02 Å². The number of thioether (sulfide) groups is 1. The Morgan fingerprint density at radius 3 is 2.68 bits per heavy atom. The lowest BCUT2D eigenvalue weighted by Crippen LogP contribution is -2.22. The number of benzene rings is 3. The van der Waals surface area contributed by atoms with Crippen molar-refractivity contribution in [1.82, 2.24) is 9.97 Å². The number of aliphatic hydroxyl groups excluding tert-OH is 1. The number of aryl methyl sites for hydroxylation is 1. The zero-order chi connectivity index (χ0) is 22.0. The minimum Gasteiger partial charge on any atom is -0.392 e. The molecule has 0 bridgehead atoms.